The first kappa shape index (κ1) is 29.0. The highest BCUT2D eigenvalue weighted by molar-refractivity contribution is 7.24. The van der Waals surface area contributed by atoms with Crippen molar-refractivity contribution >= 4 is 66.3 Å². The Morgan fingerprint density at radius 1 is 0.562 bits per heavy atom. The fraction of sp³-hybridized carbons (Fsp3) is 0.0263. The number of hydrogen-bond acceptors (Lipinski definition) is 6. The predicted octanol–water partition coefficient (Wildman–Crippen LogP) is 10.6. The van der Waals surface area contributed by atoms with Gasteiger partial charge in [-0.15, -0.1) is 11.3 Å². The van der Waals surface area contributed by atoms with Crippen LogP contribution in [-0.4, -0.2) is 24.8 Å². The van der Waals surface area contributed by atoms with Gasteiger partial charge in [-0.2, -0.15) is 0 Å². The van der Waals surface area contributed by atoms with Crippen LogP contribution in [0, 0.1) is 27.2 Å². The van der Waals surface area contributed by atoms with Gasteiger partial charge in [0.05, 0.1) is 26.8 Å². The van der Waals surface area contributed by atoms with Crippen molar-refractivity contribution in [1.82, 2.24) is 15.0 Å². The number of nitro groups is 2. The summed E-state index contributed by atoms with van der Waals surface area (Å²) in [5.41, 5.74) is 10.6. The Morgan fingerprint density at radius 3 is 1.67 bits per heavy atom. The predicted molar refractivity (Wildman–Crippen MR) is 193 cm³/mol. The zero-order valence-corrected chi connectivity index (χ0v) is 26.2. The lowest BCUT2D eigenvalue weighted by molar-refractivity contribution is -0.385. The van der Waals surface area contributed by atoms with Gasteiger partial charge in [-0.3, -0.25) is 20.2 Å². The molecule has 7 aromatic rings. The van der Waals surface area contributed by atoms with E-state index in [0.29, 0.717) is 22.5 Å². The number of aromatic nitrogens is 3. The van der Waals surface area contributed by atoms with Crippen LogP contribution in [0.2, 0.25) is 0 Å². The number of hydrogen-bond donors (Lipinski definition) is 2. The van der Waals surface area contributed by atoms with Crippen molar-refractivity contribution in [3.8, 4) is 33.4 Å². The molecule has 4 aromatic heterocycles. The molecule has 0 radical (unpaired) electrons. The number of non-ortho nitro benzene ring substituents is 2. The highest BCUT2D eigenvalue weighted by atomic mass is 32.1. The number of fused-ring (bicyclic) bond motifs is 9. The molecule has 8 rings (SSSR count). The summed E-state index contributed by atoms with van der Waals surface area (Å²) in [6, 6.07) is 33.7. The van der Waals surface area contributed by atoms with Crippen LogP contribution >= 0.6 is 11.3 Å². The normalized spacial score (nSPS) is 11.7. The van der Waals surface area contributed by atoms with E-state index in [1.165, 1.54) is 12.1 Å². The number of aromatic amines is 2. The van der Waals surface area contributed by atoms with Crippen LogP contribution in [0.1, 0.15) is 17.0 Å². The van der Waals surface area contributed by atoms with E-state index >= 15 is 0 Å². The molecule has 8 bridgehead atoms. The summed E-state index contributed by atoms with van der Waals surface area (Å²) in [6.07, 6.45) is 3.83. The van der Waals surface area contributed by atoms with E-state index in [1.54, 1.807) is 35.6 Å². The average Bonchev–Trinajstić information content (AvgIpc) is 3.92. The maximum atomic E-state index is 11.8. The number of nitro benzene ring substituents is 2. The molecule has 0 saturated heterocycles. The number of rotatable bonds is 5. The molecule has 0 unspecified atom stereocenters. The molecule has 0 saturated carbocycles. The Kier molecular flexibility index (Phi) is 6.93. The van der Waals surface area contributed by atoms with E-state index in [4.69, 9.17) is 4.98 Å². The zero-order valence-electron chi connectivity index (χ0n) is 25.4. The van der Waals surface area contributed by atoms with Gasteiger partial charge in [0.2, 0.25) is 0 Å². The van der Waals surface area contributed by atoms with Crippen LogP contribution in [0.25, 0.3) is 77.0 Å². The van der Waals surface area contributed by atoms with Crippen LogP contribution < -0.4 is 0 Å². The van der Waals surface area contributed by atoms with E-state index < -0.39 is 4.92 Å². The Hall–Kier alpha value is -6.39. The number of H-pyrrole nitrogens is 2. The van der Waals surface area contributed by atoms with Crippen molar-refractivity contribution in [3.63, 3.8) is 0 Å². The van der Waals surface area contributed by atoms with Crippen molar-refractivity contribution in [3.05, 3.63) is 146 Å². The summed E-state index contributed by atoms with van der Waals surface area (Å²) in [5, 5.41) is 23.5. The lowest BCUT2D eigenvalue weighted by atomic mass is 10.0. The molecule has 10 heteroatoms. The quantitative estimate of drug-likeness (QED) is 0.142. The van der Waals surface area contributed by atoms with Crippen molar-refractivity contribution in [1.29, 1.82) is 0 Å². The molecule has 0 aliphatic carbocycles. The fourth-order valence-corrected chi connectivity index (χ4v) is 7.38. The summed E-state index contributed by atoms with van der Waals surface area (Å²) in [6.45, 7) is 2.05. The van der Waals surface area contributed by atoms with E-state index in [1.807, 2.05) is 55.5 Å². The number of benzene rings is 3. The summed E-state index contributed by atoms with van der Waals surface area (Å²) >= 11 is 1.60. The molecule has 0 fully saturated rings. The van der Waals surface area contributed by atoms with Crippen molar-refractivity contribution in [2.45, 2.75) is 6.92 Å². The topological polar surface area (TPSA) is 131 Å². The molecule has 2 N–H and O–H groups in total. The van der Waals surface area contributed by atoms with Gasteiger partial charge < -0.3 is 9.97 Å². The molecule has 1 aliphatic heterocycles. The maximum absolute atomic E-state index is 11.8. The molecule has 1 aliphatic rings. The van der Waals surface area contributed by atoms with Gasteiger partial charge >= 0.3 is 0 Å². The summed E-state index contributed by atoms with van der Waals surface area (Å²) in [4.78, 5) is 34.9. The Labute approximate surface area is 277 Å². The first-order chi connectivity index (χ1) is 23.3. The molecular weight excluding hydrogens is 623 g/mol. The smallest absolute Gasteiger partial charge is 0.270 e. The van der Waals surface area contributed by atoms with Crippen molar-refractivity contribution in [2.24, 2.45) is 0 Å². The monoisotopic (exact) mass is 647 g/mol. The Bertz CT molecular complexity index is 2590. The van der Waals surface area contributed by atoms with Gasteiger partial charge in [-0.25, -0.2) is 4.98 Å². The number of nitrogens with zero attached hydrogens (tertiary/aromatic N) is 3. The largest absolute Gasteiger partial charge is 0.354 e. The van der Waals surface area contributed by atoms with E-state index in [0.717, 1.165) is 59.3 Å². The second-order valence-electron chi connectivity index (χ2n) is 11.6. The van der Waals surface area contributed by atoms with Gasteiger partial charge in [-0.05, 0) is 72.2 Å². The minimum absolute atomic E-state index is 0.00861. The van der Waals surface area contributed by atoms with Crippen molar-refractivity contribution in [2.75, 3.05) is 0 Å². The molecule has 0 amide bonds. The second-order valence-corrected chi connectivity index (χ2v) is 12.6. The van der Waals surface area contributed by atoms with Gasteiger partial charge in [0.15, 0.2) is 0 Å². The summed E-state index contributed by atoms with van der Waals surface area (Å²) < 4.78 is 1.93. The van der Waals surface area contributed by atoms with Crippen LogP contribution in [0.15, 0.2) is 109 Å². The molecular formula is C38H25N5O4S. The molecule has 232 valence electrons. The van der Waals surface area contributed by atoms with Crippen molar-refractivity contribution < 1.29 is 9.85 Å². The van der Waals surface area contributed by atoms with Crippen LogP contribution in [0.5, 0.6) is 0 Å². The van der Waals surface area contributed by atoms with Crippen LogP contribution in [0.4, 0.5) is 11.4 Å². The first-order valence-electron chi connectivity index (χ1n) is 15.1. The third kappa shape index (κ3) is 5.10. The highest BCUT2D eigenvalue weighted by Gasteiger charge is 2.17. The number of thiophene rings is 1. The van der Waals surface area contributed by atoms with Gasteiger partial charge in [-0.1, -0.05) is 54.1 Å². The number of nitrogens with one attached hydrogen (secondary N) is 2. The van der Waals surface area contributed by atoms with E-state index in [2.05, 4.69) is 46.4 Å². The minimum Gasteiger partial charge on any atom is -0.354 e. The number of aryl methyl sites for hydroxylation is 1. The molecule has 9 nitrogen and oxygen atoms in total. The summed E-state index contributed by atoms with van der Waals surface area (Å²) in [5.74, 6) is 0. The molecule has 0 spiro atoms. The van der Waals surface area contributed by atoms with Gasteiger partial charge in [0.25, 0.3) is 11.4 Å². The SMILES string of the molecule is Cc1ccc(-c2c3ccc([nH]3)c(-c3cccc([N+](=O)[O-])c3)c3nc(c4ccc([nH]4)c(-c4cccc([N+](=O)[O-])c4)c4ccc2s4)C=C3)cc1. The maximum Gasteiger partial charge on any atom is 0.270 e. The second kappa shape index (κ2) is 11.4. The lowest BCUT2D eigenvalue weighted by Gasteiger charge is -2.05. The van der Waals surface area contributed by atoms with Crippen LogP contribution in [0.3, 0.4) is 0 Å². The minimum atomic E-state index is -0.395. The summed E-state index contributed by atoms with van der Waals surface area (Å²) in [7, 11) is 0. The Balaban J connectivity index is 1.54. The lowest BCUT2D eigenvalue weighted by Crippen LogP contribution is -1.90. The Morgan fingerprint density at radius 2 is 1.06 bits per heavy atom. The third-order valence-corrected chi connectivity index (χ3v) is 9.60. The third-order valence-electron chi connectivity index (χ3n) is 8.48. The molecule has 5 heterocycles. The van der Waals surface area contributed by atoms with E-state index in [9.17, 15) is 20.2 Å². The fourth-order valence-electron chi connectivity index (χ4n) is 6.21. The average molecular weight is 648 g/mol. The van der Waals surface area contributed by atoms with Gasteiger partial charge in [0.1, 0.15) is 0 Å². The van der Waals surface area contributed by atoms with E-state index in [-0.39, 0.29) is 16.3 Å². The zero-order chi connectivity index (χ0) is 32.9. The van der Waals surface area contributed by atoms with Crippen LogP contribution in [-0.2, 0) is 0 Å². The standard InChI is InChI=1S/C38H25N5O4S/c1-22-8-10-23(11-9-22)37-32-17-16-31(41-32)36(24-4-2-6-26(20-24)42(44)45)30-14-12-28(39-30)29-13-15-33(40-29)38(35-19-18-34(37)48-35)25-5-3-7-27(21-25)43(46)47/h2-21,40-41H,1H3. The molecule has 3 aromatic carbocycles. The molecule has 0 atom stereocenters. The molecule has 48 heavy (non-hydrogen) atoms. The van der Waals surface area contributed by atoms with Gasteiger partial charge in [0, 0.05) is 66.9 Å². The first-order valence-corrected chi connectivity index (χ1v) is 16.0. The highest BCUT2D eigenvalue weighted by Crippen LogP contribution is 2.40.